The zero-order valence-corrected chi connectivity index (χ0v) is 16.3. The zero-order chi connectivity index (χ0) is 18.0. The number of benzene rings is 1. The van der Waals surface area contributed by atoms with Gasteiger partial charge in [0.2, 0.25) is 0 Å². The third kappa shape index (κ3) is 4.35. The molecule has 0 saturated heterocycles. The number of halogens is 1. The van der Waals surface area contributed by atoms with Gasteiger partial charge in [-0.1, -0.05) is 38.1 Å². The maximum Gasteiger partial charge on any atom is 0.258 e. The summed E-state index contributed by atoms with van der Waals surface area (Å²) in [5.41, 5.74) is 4.00. The van der Waals surface area contributed by atoms with Crippen molar-refractivity contribution in [3.8, 4) is 0 Å². The summed E-state index contributed by atoms with van der Waals surface area (Å²) in [6.07, 6.45) is 1.74. The minimum absolute atomic E-state index is 0.0593. The Kier molecular flexibility index (Phi) is 5.35. The van der Waals surface area contributed by atoms with Crippen LogP contribution < -0.4 is 5.56 Å². The molecule has 0 bridgehead atoms. The number of hydrogen-bond acceptors (Lipinski definition) is 3. The van der Waals surface area contributed by atoms with E-state index in [-0.39, 0.29) is 5.56 Å². The van der Waals surface area contributed by atoms with Crippen LogP contribution in [0.3, 0.4) is 0 Å². The molecule has 0 fully saturated rings. The molecular weight excluding hydrogens is 378 g/mol. The molecule has 1 aromatic carbocycles. The highest BCUT2D eigenvalue weighted by Crippen LogP contribution is 2.16. The summed E-state index contributed by atoms with van der Waals surface area (Å²) in [4.78, 5) is 19.0. The van der Waals surface area contributed by atoms with Gasteiger partial charge in [-0.3, -0.25) is 14.1 Å². The fourth-order valence-electron chi connectivity index (χ4n) is 2.86. The molecule has 5 heteroatoms. The third-order valence-electron chi connectivity index (χ3n) is 4.21. The van der Waals surface area contributed by atoms with Crippen LogP contribution in [0, 0.1) is 0 Å². The zero-order valence-electron chi connectivity index (χ0n) is 14.7. The van der Waals surface area contributed by atoms with E-state index >= 15 is 0 Å². The van der Waals surface area contributed by atoms with E-state index in [1.54, 1.807) is 16.7 Å². The Morgan fingerprint density at radius 2 is 1.84 bits per heavy atom. The molecule has 0 aliphatic heterocycles. The first-order valence-corrected chi connectivity index (χ1v) is 9.17. The first-order chi connectivity index (χ1) is 11.9. The molecule has 0 N–H and O–H groups in total. The molecule has 0 spiro atoms. The summed E-state index contributed by atoms with van der Waals surface area (Å²) in [6, 6.07) is 14.1. The summed E-state index contributed by atoms with van der Waals surface area (Å²) < 4.78 is 2.41. The first-order valence-electron chi connectivity index (χ1n) is 8.37. The topological polar surface area (TPSA) is 37.6 Å². The van der Waals surface area contributed by atoms with Gasteiger partial charge in [-0.05, 0) is 52.2 Å². The summed E-state index contributed by atoms with van der Waals surface area (Å²) in [7, 11) is 2.04. The molecule has 0 aliphatic rings. The molecule has 0 unspecified atom stereocenters. The second kappa shape index (κ2) is 7.50. The molecule has 25 heavy (non-hydrogen) atoms. The van der Waals surface area contributed by atoms with Gasteiger partial charge in [0.15, 0.2) is 0 Å². The highest BCUT2D eigenvalue weighted by molar-refractivity contribution is 9.10. The van der Waals surface area contributed by atoms with Crippen LogP contribution in [0.4, 0.5) is 0 Å². The lowest BCUT2D eigenvalue weighted by Gasteiger charge is -2.17. The van der Waals surface area contributed by atoms with Crippen LogP contribution in [0.25, 0.3) is 5.65 Å². The monoisotopic (exact) mass is 399 g/mol. The van der Waals surface area contributed by atoms with E-state index in [4.69, 9.17) is 0 Å². The van der Waals surface area contributed by atoms with E-state index < -0.39 is 0 Å². The van der Waals surface area contributed by atoms with Crippen LogP contribution in [0.2, 0.25) is 0 Å². The van der Waals surface area contributed by atoms with Gasteiger partial charge < -0.3 is 0 Å². The van der Waals surface area contributed by atoms with Crippen molar-refractivity contribution in [2.24, 2.45) is 0 Å². The van der Waals surface area contributed by atoms with Crippen LogP contribution in [0.15, 0.2) is 57.9 Å². The van der Waals surface area contributed by atoms with Crippen molar-refractivity contribution < 1.29 is 0 Å². The fourth-order valence-corrected chi connectivity index (χ4v) is 3.20. The quantitative estimate of drug-likeness (QED) is 0.644. The minimum Gasteiger partial charge on any atom is -0.296 e. The first kappa shape index (κ1) is 17.8. The number of nitrogens with zero attached hydrogens (tertiary/aromatic N) is 3. The van der Waals surface area contributed by atoms with Gasteiger partial charge in [0.1, 0.15) is 5.65 Å². The number of pyridine rings is 1. The second-order valence-corrected chi connectivity index (χ2v) is 7.65. The molecule has 2 heterocycles. The van der Waals surface area contributed by atoms with Crippen LogP contribution in [-0.4, -0.2) is 21.3 Å². The Morgan fingerprint density at radius 3 is 2.52 bits per heavy atom. The van der Waals surface area contributed by atoms with Crippen molar-refractivity contribution >= 4 is 21.6 Å². The largest absolute Gasteiger partial charge is 0.296 e. The Hall–Kier alpha value is -1.98. The second-order valence-electron chi connectivity index (χ2n) is 6.73. The smallest absolute Gasteiger partial charge is 0.258 e. The van der Waals surface area contributed by atoms with Gasteiger partial charge >= 0.3 is 0 Å². The number of rotatable bonds is 5. The molecule has 0 saturated carbocycles. The van der Waals surface area contributed by atoms with E-state index in [1.807, 2.05) is 19.2 Å². The fraction of sp³-hybridized carbons (Fsp3) is 0.300. The van der Waals surface area contributed by atoms with E-state index in [9.17, 15) is 4.79 Å². The van der Waals surface area contributed by atoms with Crippen molar-refractivity contribution in [2.45, 2.75) is 32.9 Å². The van der Waals surface area contributed by atoms with Crippen molar-refractivity contribution in [1.29, 1.82) is 0 Å². The van der Waals surface area contributed by atoms with Crippen molar-refractivity contribution in [1.82, 2.24) is 14.3 Å². The molecule has 2 aromatic heterocycles. The lowest BCUT2D eigenvalue weighted by molar-refractivity contribution is 0.315. The third-order valence-corrected chi connectivity index (χ3v) is 4.68. The van der Waals surface area contributed by atoms with Crippen LogP contribution >= 0.6 is 15.9 Å². The Morgan fingerprint density at radius 1 is 1.12 bits per heavy atom. The average molecular weight is 400 g/mol. The predicted octanol–water partition coefficient (Wildman–Crippen LogP) is 4.21. The maximum atomic E-state index is 12.3. The van der Waals surface area contributed by atoms with Crippen LogP contribution in [0.5, 0.6) is 0 Å². The number of fused-ring (bicyclic) bond motifs is 1. The Labute approximate surface area is 156 Å². The number of aromatic nitrogens is 2. The van der Waals surface area contributed by atoms with Gasteiger partial charge in [0.25, 0.3) is 5.56 Å². The van der Waals surface area contributed by atoms with Gasteiger partial charge in [0.05, 0.1) is 5.69 Å². The highest BCUT2D eigenvalue weighted by atomic mass is 79.9. The Bertz CT molecular complexity index is 932. The summed E-state index contributed by atoms with van der Waals surface area (Å²) in [5, 5.41) is 0. The number of hydrogen-bond donors (Lipinski definition) is 0. The van der Waals surface area contributed by atoms with Gasteiger partial charge in [-0.2, -0.15) is 0 Å². The molecular formula is C20H22BrN3O. The maximum absolute atomic E-state index is 12.3. The Balaban J connectivity index is 1.74. The molecule has 0 amide bonds. The van der Waals surface area contributed by atoms with Gasteiger partial charge in [0, 0.05) is 29.8 Å². The SMILES string of the molecule is CC(C)c1ccc(CN(C)Cc2cc(=O)n3cc(Br)ccc3n2)cc1. The summed E-state index contributed by atoms with van der Waals surface area (Å²) in [5.74, 6) is 0.543. The van der Waals surface area contributed by atoms with E-state index in [0.717, 1.165) is 16.7 Å². The molecule has 4 nitrogen and oxygen atoms in total. The van der Waals surface area contributed by atoms with Crippen molar-refractivity contribution in [3.63, 3.8) is 0 Å². The molecule has 3 aromatic rings. The van der Waals surface area contributed by atoms with E-state index in [0.29, 0.717) is 18.1 Å². The lowest BCUT2D eigenvalue weighted by Crippen LogP contribution is -2.21. The molecule has 0 atom stereocenters. The molecule has 130 valence electrons. The molecule has 0 aliphatic carbocycles. The molecule has 0 radical (unpaired) electrons. The predicted molar refractivity (Wildman–Crippen MR) is 105 cm³/mol. The van der Waals surface area contributed by atoms with Gasteiger partial charge in [-0.15, -0.1) is 0 Å². The van der Waals surface area contributed by atoms with E-state index in [1.165, 1.54) is 11.1 Å². The average Bonchev–Trinajstić information content (AvgIpc) is 2.56. The summed E-state index contributed by atoms with van der Waals surface area (Å²) in [6.45, 7) is 5.85. The normalized spacial score (nSPS) is 11.6. The van der Waals surface area contributed by atoms with Crippen molar-refractivity contribution in [2.75, 3.05) is 7.05 Å². The summed E-state index contributed by atoms with van der Waals surface area (Å²) >= 11 is 3.38. The van der Waals surface area contributed by atoms with Crippen LogP contribution in [0.1, 0.15) is 36.6 Å². The lowest BCUT2D eigenvalue weighted by atomic mass is 10.0. The van der Waals surface area contributed by atoms with E-state index in [2.05, 4.69) is 63.9 Å². The highest BCUT2D eigenvalue weighted by Gasteiger charge is 2.07. The van der Waals surface area contributed by atoms with Gasteiger partial charge in [-0.25, -0.2) is 4.98 Å². The van der Waals surface area contributed by atoms with Crippen LogP contribution in [-0.2, 0) is 13.1 Å². The van der Waals surface area contributed by atoms with Crippen molar-refractivity contribution in [3.05, 3.63) is 80.3 Å². The minimum atomic E-state index is -0.0593. The molecule has 3 rings (SSSR count). The standard InChI is InChI=1S/C20H22BrN3O/c1-14(2)16-6-4-15(5-7-16)11-23(3)13-18-10-20(25)24-12-17(21)8-9-19(24)22-18/h4-10,12,14H,11,13H2,1-3H3.